The summed E-state index contributed by atoms with van der Waals surface area (Å²) >= 11 is 6.40. The first kappa shape index (κ1) is 21.1. The quantitative estimate of drug-likeness (QED) is 0.706. The Morgan fingerprint density at radius 2 is 1.83 bits per heavy atom. The molecule has 0 atom stereocenters. The predicted octanol–water partition coefficient (Wildman–Crippen LogP) is 4.44. The fourth-order valence-corrected chi connectivity index (χ4v) is 3.23. The molecule has 0 aliphatic carbocycles. The first-order valence-electron chi connectivity index (χ1n) is 7.40. The number of halogens is 2. The summed E-state index contributed by atoms with van der Waals surface area (Å²) in [6, 6.07) is 1.75. The molecule has 0 N–H and O–H groups in total. The van der Waals surface area contributed by atoms with Gasteiger partial charge in [-0.15, -0.1) is 0 Å². The first-order valence-corrected chi connectivity index (χ1v) is 10.3. The van der Waals surface area contributed by atoms with E-state index in [9.17, 15) is 13.2 Å². The number of carbonyl (C=O) groups is 1. The minimum absolute atomic E-state index is 0.173. The molecule has 1 aromatic carbocycles. The highest BCUT2D eigenvalue weighted by Crippen LogP contribution is 2.34. The van der Waals surface area contributed by atoms with E-state index >= 15 is 0 Å². The van der Waals surface area contributed by atoms with Gasteiger partial charge in [0.25, 0.3) is 0 Å². The fraction of sp³-hybridized carbons (Fsp3) is 0.562. The summed E-state index contributed by atoms with van der Waals surface area (Å²) in [7, 11) is 3.28. The van der Waals surface area contributed by atoms with Crippen LogP contribution in [0.1, 0.15) is 37.5 Å². The molecule has 0 heterocycles. The summed E-state index contributed by atoms with van der Waals surface area (Å²) in [5.41, 5.74) is 2.27. The van der Waals surface area contributed by atoms with Crippen LogP contribution in [0.3, 0.4) is 0 Å². The molecule has 136 valence electrons. The van der Waals surface area contributed by atoms with Gasteiger partial charge in [0.1, 0.15) is 5.60 Å². The number of amides is 1. The molecule has 0 bridgehead atoms. The highest BCUT2D eigenvalue weighted by Gasteiger charge is 2.24. The van der Waals surface area contributed by atoms with Crippen molar-refractivity contribution < 1.29 is 17.9 Å². The Morgan fingerprint density at radius 3 is 2.29 bits per heavy atom. The smallest absolute Gasteiger partial charge is 0.414 e. The average molecular weight is 396 g/mol. The van der Waals surface area contributed by atoms with Crippen molar-refractivity contribution >= 4 is 43.1 Å². The molecule has 0 spiro atoms. The normalized spacial score (nSPS) is 12.2. The van der Waals surface area contributed by atoms with Crippen LogP contribution >= 0.6 is 22.3 Å². The zero-order valence-corrected chi connectivity index (χ0v) is 17.1. The summed E-state index contributed by atoms with van der Waals surface area (Å²) in [5, 5.41) is 0.385. The Morgan fingerprint density at radius 1 is 1.29 bits per heavy atom. The molecule has 0 radical (unpaired) electrons. The number of hydrogen-bond donors (Lipinski definition) is 0. The van der Waals surface area contributed by atoms with E-state index in [4.69, 9.17) is 27.0 Å². The van der Waals surface area contributed by atoms with Crippen LogP contribution in [-0.2, 0) is 20.2 Å². The number of benzene rings is 1. The zero-order chi connectivity index (χ0) is 18.9. The minimum Gasteiger partial charge on any atom is -0.443 e. The Labute approximate surface area is 153 Å². The maximum atomic E-state index is 12.2. The third-order valence-electron chi connectivity index (χ3n) is 3.46. The Bertz CT molecular complexity index is 739. The lowest BCUT2D eigenvalue weighted by atomic mass is 9.99. The Hall–Kier alpha value is -0.980. The molecular weight excluding hydrogens is 373 g/mol. The monoisotopic (exact) mass is 395 g/mol. The highest BCUT2D eigenvalue weighted by molar-refractivity contribution is 8.13. The van der Waals surface area contributed by atoms with Crippen molar-refractivity contribution in [1.82, 2.24) is 0 Å². The maximum absolute atomic E-state index is 12.2. The van der Waals surface area contributed by atoms with Crippen LogP contribution in [0, 0.1) is 13.8 Å². The second kappa shape index (κ2) is 7.50. The molecule has 24 heavy (non-hydrogen) atoms. The summed E-state index contributed by atoms with van der Waals surface area (Å²) in [6.45, 7) is 8.98. The summed E-state index contributed by atoms with van der Waals surface area (Å²) in [4.78, 5) is 13.6. The van der Waals surface area contributed by atoms with Gasteiger partial charge in [-0.05, 0) is 63.8 Å². The molecule has 5 nitrogen and oxygen atoms in total. The molecule has 0 aliphatic rings. The van der Waals surface area contributed by atoms with Crippen LogP contribution in [-0.4, -0.2) is 32.9 Å². The van der Waals surface area contributed by atoms with Gasteiger partial charge >= 0.3 is 6.09 Å². The second-order valence-corrected chi connectivity index (χ2v) is 9.94. The van der Waals surface area contributed by atoms with Gasteiger partial charge in [0.05, 0.1) is 16.5 Å². The van der Waals surface area contributed by atoms with Crippen molar-refractivity contribution in [3.63, 3.8) is 0 Å². The van der Waals surface area contributed by atoms with Crippen LogP contribution in [0.2, 0.25) is 5.02 Å². The summed E-state index contributed by atoms with van der Waals surface area (Å²) in [5.74, 6) is -0.173. The number of nitrogens with zero attached hydrogens (tertiary/aromatic N) is 1. The molecule has 0 unspecified atom stereocenters. The van der Waals surface area contributed by atoms with Crippen LogP contribution in [0.25, 0.3) is 0 Å². The minimum atomic E-state index is -3.58. The van der Waals surface area contributed by atoms with E-state index in [0.717, 1.165) is 16.7 Å². The van der Waals surface area contributed by atoms with Crippen molar-refractivity contribution in [2.24, 2.45) is 0 Å². The van der Waals surface area contributed by atoms with Crippen molar-refractivity contribution in [1.29, 1.82) is 0 Å². The van der Waals surface area contributed by atoms with Crippen LogP contribution in [0.4, 0.5) is 10.5 Å². The fourth-order valence-electron chi connectivity index (χ4n) is 2.26. The lowest BCUT2D eigenvalue weighted by molar-refractivity contribution is 0.0589. The predicted molar refractivity (Wildman–Crippen MR) is 98.9 cm³/mol. The Balaban J connectivity index is 3.18. The van der Waals surface area contributed by atoms with Gasteiger partial charge in [0.2, 0.25) is 9.05 Å². The first-order chi connectivity index (χ1) is 10.7. The van der Waals surface area contributed by atoms with Crippen LogP contribution < -0.4 is 4.90 Å². The number of hydrogen-bond acceptors (Lipinski definition) is 4. The van der Waals surface area contributed by atoms with Crippen molar-refractivity contribution in [2.75, 3.05) is 17.7 Å². The third-order valence-corrected chi connectivity index (χ3v) is 5.09. The zero-order valence-electron chi connectivity index (χ0n) is 14.7. The molecule has 1 rings (SSSR count). The van der Waals surface area contributed by atoms with Crippen molar-refractivity contribution in [3.8, 4) is 0 Å². The molecule has 0 saturated heterocycles. The number of ether oxygens (including phenoxy) is 1. The number of aryl methyl sites for hydroxylation is 1. The van der Waals surface area contributed by atoms with E-state index in [2.05, 4.69) is 0 Å². The van der Waals surface area contributed by atoms with Crippen molar-refractivity contribution in [3.05, 3.63) is 27.8 Å². The van der Waals surface area contributed by atoms with Crippen LogP contribution in [0.15, 0.2) is 6.07 Å². The van der Waals surface area contributed by atoms with Gasteiger partial charge in [0, 0.05) is 17.7 Å². The SMILES string of the molecule is Cc1cc(N(C)C(=O)OC(C)(C)C)c(Cl)c(C)c1CCS(=O)(=O)Cl. The second-order valence-electron chi connectivity index (χ2n) is 6.66. The van der Waals surface area contributed by atoms with E-state index in [1.54, 1.807) is 40.8 Å². The van der Waals surface area contributed by atoms with E-state index in [1.807, 2.05) is 6.92 Å². The van der Waals surface area contributed by atoms with Gasteiger partial charge in [-0.2, -0.15) is 0 Å². The average Bonchev–Trinajstić information content (AvgIpc) is 2.38. The largest absolute Gasteiger partial charge is 0.443 e. The molecule has 1 aromatic rings. The van der Waals surface area contributed by atoms with Gasteiger partial charge < -0.3 is 4.74 Å². The van der Waals surface area contributed by atoms with Gasteiger partial charge in [0.15, 0.2) is 0 Å². The Kier molecular flexibility index (Phi) is 6.58. The highest BCUT2D eigenvalue weighted by atomic mass is 35.7. The maximum Gasteiger partial charge on any atom is 0.414 e. The topological polar surface area (TPSA) is 63.7 Å². The molecule has 8 heteroatoms. The molecule has 1 amide bonds. The van der Waals surface area contributed by atoms with Crippen LogP contribution in [0.5, 0.6) is 0 Å². The van der Waals surface area contributed by atoms with E-state index < -0.39 is 20.7 Å². The summed E-state index contributed by atoms with van der Waals surface area (Å²) < 4.78 is 27.7. The van der Waals surface area contributed by atoms with Gasteiger partial charge in [-0.25, -0.2) is 13.2 Å². The van der Waals surface area contributed by atoms with E-state index in [0.29, 0.717) is 10.7 Å². The van der Waals surface area contributed by atoms with E-state index in [-0.39, 0.29) is 12.2 Å². The molecule has 0 aromatic heterocycles. The lowest BCUT2D eigenvalue weighted by Crippen LogP contribution is -2.34. The third kappa shape index (κ3) is 5.83. The lowest BCUT2D eigenvalue weighted by Gasteiger charge is -2.26. The van der Waals surface area contributed by atoms with Gasteiger partial charge in [-0.3, -0.25) is 4.90 Å². The van der Waals surface area contributed by atoms with Gasteiger partial charge in [-0.1, -0.05) is 11.6 Å². The molecule has 0 saturated carbocycles. The van der Waals surface area contributed by atoms with E-state index in [1.165, 1.54) is 4.90 Å². The number of carbonyl (C=O) groups excluding carboxylic acids is 1. The molecular formula is C16H23Cl2NO4S. The number of rotatable bonds is 4. The number of anilines is 1. The van der Waals surface area contributed by atoms with Crippen molar-refractivity contribution in [2.45, 2.75) is 46.6 Å². The summed E-state index contributed by atoms with van der Waals surface area (Å²) in [6.07, 6.45) is -0.251. The standard InChI is InChI=1S/C16H23Cl2NO4S/c1-10-9-13(19(6)15(20)23-16(3,4)5)14(17)11(2)12(10)7-8-24(18,21)22/h9H,7-8H2,1-6H3. The molecule has 0 fully saturated rings. The molecule has 0 aliphatic heterocycles.